The Labute approximate surface area is 201 Å². The van der Waals surface area contributed by atoms with Crippen LogP contribution in [0.2, 0.25) is 0 Å². The maximum absolute atomic E-state index is 12.2. The van der Waals surface area contributed by atoms with Crippen LogP contribution in [-0.2, 0) is 17.9 Å². The van der Waals surface area contributed by atoms with E-state index in [1.54, 1.807) is 17.1 Å². The molecular formula is C23H33IN6O. The van der Waals surface area contributed by atoms with Gasteiger partial charge >= 0.3 is 0 Å². The lowest BCUT2D eigenvalue weighted by atomic mass is 9.73. The number of benzene rings is 1. The molecule has 1 saturated heterocycles. The van der Waals surface area contributed by atoms with Crippen molar-refractivity contribution < 1.29 is 4.79 Å². The van der Waals surface area contributed by atoms with E-state index in [1.807, 2.05) is 31.3 Å². The number of likely N-dealkylation sites (tertiary alicyclic amines) is 1. The number of carbonyl (C=O) groups is 1. The lowest BCUT2D eigenvalue weighted by Gasteiger charge is -2.33. The van der Waals surface area contributed by atoms with Crippen molar-refractivity contribution in [2.75, 3.05) is 25.5 Å². The van der Waals surface area contributed by atoms with Gasteiger partial charge in [-0.05, 0) is 48.4 Å². The maximum atomic E-state index is 12.2. The van der Waals surface area contributed by atoms with E-state index in [1.165, 1.54) is 38.5 Å². The predicted molar refractivity (Wildman–Crippen MR) is 135 cm³/mol. The minimum Gasteiger partial charge on any atom is -0.352 e. The largest absolute Gasteiger partial charge is 0.352 e. The molecular weight excluding hydrogens is 503 g/mol. The van der Waals surface area contributed by atoms with E-state index >= 15 is 0 Å². The van der Waals surface area contributed by atoms with Gasteiger partial charge in [-0.3, -0.25) is 14.5 Å². The summed E-state index contributed by atoms with van der Waals surface area (Å²) < 4.78 is 1.61. The van der Waals surface area contributed by atoms with Crippen LogP contribution in [0.15, 0.2) is 47.7 Å². The quantitative estimate of drug-likeness (QED) is 0.346. The molecule has 2 aliphatic rings. The van der Waals surface area contributed by atoms with E-state index in [-0.39, 0.29) is 36.4 Å². The van der Waals surface area contributed by atoms with Crippen molar-refractivity contribution in [2.24, 2.45) is 10.4 Å². The van der Waals surface area contributed by atoms with Crippen LogP contribution >= 0.6 is 24.0 Å². The Morgan fingerprint density at radius 2 is 2.03 bits per heavy atom. The molecule has 8 heteroatoms. The summed E-state index contributed by atoms with van der Waals surface area (Å²) in [4.78, 5) is 19.2. The van der Waals surface area contributed by atoms with E-state index in [0.717, 1.165) is 30.3 Å². The maximum Gasteiger partial charge on any atom is 0.246 e. The molecule has 0 radical (unpaired) electrons. The molecule has 1 aliphatic carbocycles. The van der Waals surface area contributed by atoms with Gasteiger partial charge in [0.05, 0.1) is 0 Å². The lowest BCUT2D eigenvalue weighted by Crippen LogP contribution is -2.41. The first kappa shape index (κ1) is 23.6. The third kappa shape index (κ3) is 6.21. The van der Waals surface area contributed by atoms with Crippen molar-refractivity contribution in [1.29, 1.82) is 0 Å². The van der Waals surface area contributed by atoms with Crippen molar-refractivity contribution in [2.45, 2.75) is 51.6 Å². The summed E-state index contributed by atoms with van der Waals surface area (Å²) in [6.45, 7) is 3.09. The predicted octanol–water partition coefficient (Wildman–Crippen LogP) is 3.87. The Hall–Kier alpha value is -2.10. The standard InChI is InChI=1S/C23H32N6O.HI/c1-24-22(28-14-11-23(18-28)9-3-2-4-10-23)25-16-19-7-5-8-20(15-19)27-21(30)17-29-13-6-12-26-29;/h5-8,12-13,15H,2-4,9-11,14,16-18H2,1H3,(H,24,25)(H,27,30);1H. The Kier molecular flexibility index (Phi) is 8.34. The van der Waals surface area contributed by atoms with Crippen LogP contribution in [0, 0.1) is 5.41 Å². The number of hydrogen-bond donors (Lipinski definition) is 2. The second kappa shape index (κ2) is 11.0. The second-order valence-electron chi connectivity index (χ2n) is 8.59. The van der Waals surface area contributed by atoms with Crippen LogP contribution < -0.4 is 10.6 Å². The van der Waals surface area contributed by atoms with Crippen LogP contribution in [0.4, 0.5) is 5.69 Å². The third-order valence-corrected chi connectivity index (χ3v) is 6.39. The zero-order valence-electron chi connectivity index (χ0n) is 18.2. The van der Waals surface area contributed by atoms with E-state index in [0.29, 0.717) is 12.0 Å². The second-order valence-corrected chi connectivity index (χ2v) is 8.59. The number of halogens is 1. The van der Waals surface area contributed by atoms with Crippen LogP contribution in [-0.4, -0.2) is 46.7 Å². The zero-order chi connectivity index (χ0) is 20.8. The number of aromatic nitrogens is 2. The first-order valence-corrected chi connectivity index (χ1v) is 11.0. The van der Waals surface area contributed by atoms with Gasteiger partial charge in [0.15, 0.2) is 5.96 Å². The summed E-state index contributed by atoms with van der Waals surface area (Å²) in [7, 11) is 1.86. The van der Waals surface area contributed by atoms with Gasteiger partial charge in [0.1, 0.15) is 6.54 Å². The number of amides is 1. The number of rotatable bonds is 5. The summed E-state index contributed by atoms with van der Waals surface area (Å²) in [6, 6.07) is 9.76. The van der Waals surface area contributed by atoms with Crippen molar-refractivity contribution in [3.8, 4) is 0 Å². The highest BCUT2D eigenvalue weighted by Gasteiger charge is 2.39. The minimum absolute atomic E-state index is 0. The number of carbonyl (C=O) groups excluding carboxylic acids is 1. The zero-order valence-corrected chi connectivity index (χ0v) is 20.5. The van der Waals surface area contributed by atoms with Crippen LogP contribution in [0.5, 0.6) is 0 Å². The first-order valence-electron chi connectivity index (χ1n) is 11.0. The third-order valence-electron chi connectivity index (χ3n) is 6.39. The summed E-state index contributed by atoms with van der Waals surface area (Å²) in [5.41, 5.74) is 2.41. The number of guanidine groups is 1. The molecule has 0 atom stereocenters. The minimum atomic E-state index is -0.0885. The Morgan fingerprint density at radius 1 is 1.19 bits per heavy atom. The van der Waals surface area contributed by atoms with Gasteiger partial charge in [-0.2, -0.15) is 5.10 Å². The smallest absolute Gasteiger partial charge is 0.246 e. The molecule has 1 aromatic heterocycles. The molecule has 2 heterocycles. The van der Waals surface area contributed by atoms with Gasteiger partial charge < -0.3 is 15.5 Å². The molecule has 2 N–H and O–H groups in total. The highest BCUT2D eigenvalue weighted by molar-refractivity contribution is 14.0. The number of nitrogens with zero attached hydrogens (tertiary/aromatic N) is 4. The molecule has 1 amide bonds. The Morgan fingerprint density at radius 3 is 2.77 bits per heavy atom. The van der Waals surface area contributed by atoms with Gasteiger partial charge in [-0.25, -0.2) is 0 Å². The molecule has 1 aliphatic heterocycles. The van der Waals surface area contributed by atoms with Crippen LogP contribution in [0.1, 0.15) is 44.1 Å². The van der Waals surface area contributed by atoms with E-state index in [9.17, 15) is 4.79 Å². The van der Waals surface area contributed by atoms with Gasteiger partial charge in [0.25, 0.3) is 0 Å². The average Bonchev–Trinajstić information content (AvgIpc) is 3.40. The number of nitrogens with one attached hydrogen (secondary N) is 2. The Bertz CT molecular complexity index is 876. The van der Waals surface area contributed by atoms with E-state index in [2.05, 4.69) is 31.7 Å². The Balaban J connectivity index is 0.00000272. The fourth-order valence-corrected chi connectivity index (χ4v) is 4.84. The van der Waals surface area contributed by atoms with E-state index in [4.69, 9.17) is 0 Å². The number of aliphatic imine (C=N–C) groups is 1. The monoisotopic (exact) mass is 536 g/mol. The summed E-state index contributed by atoms with van der Waals surface area (Å²) >= 11 is 0. The molecule has 1 aromatic carbocycles. The molecule has 1 spiro atoms. The highest BCUT2D eigenvalue weighted by atomic mass is 127. The van der Waals surface area contributed by atoms with Crippen LogP contribution in [0.3, 0.4) is 0 Å². The molecule has 1 saturated carbocycles. The fourth-order valence-electron chi connectivity index (χ4n) is 4.84. The molecule has 2 fully saturated rings. The van der Waals surface area contributed by atoms with Gasteiger partial charge in [0, 0.05) is 44.8 Å². The average molecular weight is 536 g/mol. The van der Waals surface area contributed by atoms with Crippen molar-refractivity contribution in [1.82, 2.24) is 20.0 Å². The summed E-state index contributed by atoms with van der Waals surface area (Å²) in [6.07, 6.45) is 11.6. The van der Waals surface area contributed by atoms with Gasteiger partial charge in [-0.1, -0.05) is 31.4 Å². The molecule has 0 bridgehead atoms. The SMILES string of the molecule is CN=C(NCc1cccc(NC(=O)Cn2cccn2)c1)N1CCC2(CCCCC2)C1.I. The fraction of sp³-hybridized carbons (Fsp3) is 0.522. The van der Waals surface area contributed by atoms with Gasteiger partial charge in [-0.15, -0.1) is 24.0 Å². The van der Waals surface area contributed by atoms with Gasteiger partial charge in [0.2, 0.25) is 5.91 Å². The lowest BCUT2D eigenvalue weighted by molar-refractivity contribution is -0.116. The summed E-state index contributed by atoms with van der Waals surface area (Å²) in [5, 5.41) is 10.5. The normalized spacial score (nSPS) is 18.0. The first-order chi connectivity index (χ1) is 14.7. The molecule has 4 rings (SSSR count). The molecule has 168 valence electrons. The van der Waals surface area contributed by atoms with Crippen molar-refractivity contribution in [3.63, 3.8) is 0 Å². The topological polar surface area (TPSA) is 74.5 Å². The van der Waals surface area contributed by atoms with Crippen molar-refractivity contribution in [3.05, 3.63) is 48.3 Å². The number of hydrogen-bond acceptors (Lipinski definition) is 3. The molecule has 7 nitrogen and oxygen atoms in total. The molecule has 0 unspecified atom stereocenters. The van der Waals surface area contributed by atoms with E-state index < -0.39 is 0 Å². The molecule has 31 heavy (non-hydrogen) atoms. The number of anilines is 1. The highest BCUT2D eigenvalue weighted by Crippen LogP contribution is 2.43. The summed E-state index contributed by atoms with van der Waals surface area (Å²) in [5.74, 6) is 0.889. The molecule has 2 aromatic rings. The van der Waals surface area contributed by atoms with Crippen LogP contribution in [0.25, 0.3) is 0 Å². The van der Waals surface area contributed by atoms with Crippen molar-refractivity contribution >= 4 is 41.5 Å².